The molecule has 0 aliphatic rings. The van der Waals surface area contributed by atoms with Gasteiger partial charge in [0.1, 0.15) is 11.6 Å². The molecule has 1 amide bonds. The number of benzene rings is 2. The Kier molecular flexibility index (Phi) is 20.9. The third kappa shape index (κ3) is 16.2. The lowest BCUT2D eigenvalue weighted by Gasteiger charge is -2.11. The molecule has 0 saturated heterocycles. The molecular formula is C53H58Cl2N10O5. The topological polar surface area (TPSA) is 212 Å². The van der Waals surface area contributed by atoms with Gasteiger partial charge >= 0.3 is 5.97 Å². The SMILES string of the molecule is C.COCCNc1ccc(CN)c(C)n1.COCCNc1ccc(CNC(=O)c2ccnc(Cc3ccc4ncc(Cl)cc4c3)c2)c(C)n1.O=C(O)c1ccnc(Cc2ccc3ncc(Cl)cc3c2)c1. The first-order valence-corrected chi connectivity index (χ1v) is 22.7. The average molecular weight is 986 g/mol. The van der Waals surface area contributed by atoms with Crippen molar-refractivity contribution in [2.24, 2.45) is 5.73 Å². The minimum Gasteiger partial charge on any atom is -0.478 e. The molecular weight excluding hydrogens is 928 g/mol. The van der Waals surface area contributed by atoms with Crippen molar-refractivity contribution in [3.8, 4) is 0 Å². The number of aromatic carboxylic acids is 1. The Morgan fingerprint density at radius 3 is 1.59 bits per heavy atom. The first-order chi connectivity index (χ1) is 33.4. The summed E-state index contributed by atoms with van der Waals surface area (Å²) >= 11 is 12.0. The lowest BCUT2D eigenvalue weighted by molar-refractivity contribution is 0.0696. The van der Waals surface area contributed by atoms with Crippen molar-refractivity contribution in [2.75, 3.05) is 51.2 Å². The van der Waals surface area contributed by atoms with Gasteiger partial charge in [0.15, 0.2) is 0 Å². The number of fused-ring (bicyclic) bond motifs is 2. The molecule has 0 radical (unpaired) electrons. The van der Waals surface area contributed by atoms with Crippen molar-refractivity contribution < 1.29 is 24.2 Å². The standard InChI is InChI=1S/C26H26ClN5O2.C16H11ClN2O2.C10H17N3O.CH4/c1-17-20(4-6-25(32-17)29-9-10-34-2)15-31-26(33)19-7-8-28-23(14-19)12-18-3-5-24-21(11-18)13-22(27)16-30-24;17-13-7-12-5-10(1-2-15(12)19-9-13)6-14-8-11(16(20)21)3-4-18-14;1-8-9(7-11)3-4-10(13-8)12-5-6-14-2;/h3-8,11,13-14,16H,9-10,12,15H2,1-2H3,(H,29,32)(H,31,33);1-5,7-9H,6H2,(H,20,21);3-4H,5-7,11H2,1-2H3,(H,12,13);1H4. The third-order valence-electron chi connectivity index (χ3n) is 10.6. The Morgan fingerprint density at radius 2 is 1.11 bits per heavy atom. The first-order valence-electron chi connectivity index (χ1n) is 22.0. The van der Waals surface area contributed by atoms with Gasteiger partial charge < -0.3 is 36.3 Å². The number of nitrogens with one attached hydrogen (secondary N) is 3. The molecule has 0 fully saturated rings. The summed E-state index contributed by atoms with van der Waals surface area (Å²) in [5.41, 5.74) is 15.6. The molecule has 0 saturated carbocycles. The van der Waals surface area contributed by atoms with E-state index in [2.05, 4.69) is 45.9 Å². The van der Waals surface area contributed by atoms with Gasteiger partial charge in [0.05, 0.1) is 39.9 Å². The molecule has 0 spiro atoms. The Balaban J connectivity index is 0.000000215. The number of carboxylic acids is 1. The van der Waals surface area contributed by atoms with E-state index in [-0.39, 0.29) is 18.9 Å². The van der Waals surface area contributed by atoms with Crippen LogP contribution in [0.2, 0.25) is 10.0 Å². The van der Waals surface area contributed by atoms with Crippen molar-refractivity contribution >= 4 is 68.5 Å². The fourth-order valence-electron chi connectivity index (χ4n) is 6.99. The minimum absolute atomic E-state index is 0. The van der Waals surface area contributed by atoms with Crippen LogP contribution in [0.15, 0.2) is 122 Å². The molecule has 8 rings (SSSR count). The van der Waals surface area contributed by atoms with E-state index in [1.54, 1.807) is 44.9 Å². The Bertz CT molecular complexity index is 3010. The summed E-state index contributed by atoms with van der Waals surface area (Å²) in [6.45, 7) is 7.57. The van der Waals surface area contributed by atoms with E-state index < -0.39 is 5.97 Å². The fourth-order valence-corrected chi connectivity index (χ4v) is 7.32. The Hall–Kier alpha value is -7.14. The van der Waals surface area contributed by atoms with E-state index >= 15 is 0 Å². The number of halogens is 2. The number of ether oxygens (including phenoxy) is 2. The third-order valence-corrected chi connectivity index (χ3v) is 11.0. The number of aryl methyl sites for hydroxylation is 2. The first kappa shape index (κ1) is 53.8. The average Bonchev–Trinajstić information content (AvgIpc) is 3.34. The number of methoxy groups -OCH3 is 2. The van der Waals surface area contributed by atoms with Gasteiger partial charge in [-0.15, -0.1) is 0 Å². The highest BCUT2D eigenvalue weighted by Crippen LogP contribution is 2.22. The van der Waals surface area contributed by atoms with E-state index in [9.17, 15) is 9.59 Å². The molecule has 0 atom stereocenters. The quantitative estimate of drug-likeness (QED) is 0.0538. The number of aromatic nitrogens is 6. The number of nitrogens with two attached hydrogens (primary N) is 1. The Morgan fingerprint density at radius 1 is 0.629 bits per heavy atom. The van der Waals surface area contributed by atoms with Gasteiger partial charge in [0, 0.05) is 117 Å². The summed E-state index contributed by atoms with van der Waals surface area (Å²) in [6.07, 6.45) is 7.59. The molecule has 70 heavy (non-hydrogen) atoms. The van der Waals surface area contributed by atoms with Gasteiger partial charge in [-0.2, -0.15) is 0 Å². The molecule has 6 N–H and O–H groups in total. The number of carboxylic acid groups (broad SMARTS) is 1. The zero-order valence-electron chi connectivity index (χ0n) is 38.8. The molecule has 0 aliphatic heterocycles. The summed E-state index contributed by atoms with van der Waals surface area (Å²) in [4.78, 5) is 49.9. The van der Waals surface area contributed by atoms with Crippen LogP contribution < -0.4 is 21.7 Å². The second kappa shape index (κ2) is 27.2. The lowest BCUT2D eigenvalue weighted by atomic mass is 10.0. The second-order valence-electron chi connectivity index (χ2n) is 15.7. The van der Waals surface area contributed by atoms with Crippen molar-refractivity contribution in [3.63, 3.8) is 0 Å². The van der Waals surface area contributed by atoms with Crippen LogP contribution in [-0.2, 0) is 35.4 Å². The van der Waals surface area contributed by atoms with Gasteiger partial charge in [-0.1, -0.05) is 54.9 Å². The number of anilines is 2. The highest BCUT2D eigenvalue weighted by Gasteiger charge is 2.11. The number of carbonyl (C=O) groups is 2. The van der Waals surface area contributed by atoms with E-state index in [4.69, 9.17) is 43.5 Å². The number of pyridine rings is 6. The maximum absolute atomic E-state index is 12.8. The number of amides is 1. The zero-order valence-corrected chi connectivity index (χ0v) is 40.3. The van der Waals surface area contributed by atoms with Gasteiger partial charge in [0.2, 0.25) is 0 Å². The van der Waals surface area contributed by atoms with Crippen LogP contribution in [0.4, 0.5) is 11.6 Å². The van der Waals surface area contributed by atoms with Crippen LogP contribution in [0.5, 0.6) is 0 Å². The summed E-state index contributed by atoms with van der Waals surface area (Å²) in [7, 11) is 3.34. The molecule has 6 heterocycles. The van der Waals surface area contributed by atoms with Gasteiger partial charge in [-0.25, -0.2) is 14.8 Å². The van der Waals surface area contributed by atoms with Gasteiger partial charge in [0.25, 0.3) is 5.91 Å². The lowest BCUT2D eigenvalue weighted by Crippen LogP contribution is -2.23. The summed E-state index contributed by atoms with van der Waals surface area (Å²) in [5.74, 6) is 0.555. The molecule has 364 valence electrons. The fraction of sp³-hybridized carbons (Fsp3) is 0.245. The van der Waals surface area contributed by atoms with Crippen LogP contribution in [0, 0.1) is 13.8 Å². The summed E-state index contributed by atoms with van der Waals surface area (Å²) < 4.78 is 9.97. The monoisotopic (exact) mass is 984 g/mol. The van der Waals surface area contributed by atoms with Crippen molar-refractivity contribution in [1.29, 1.82) is 0 Å². The maximum Gasteiger partial charge on any atom is 0.335 e. The van der Waals surface area contributed by atoms with E-state index in [1.807, 2.05) is 92.7 Å². The minimum atomic E-state index is -0.951. The van der Waals surface area contributed by atoms with Crippen molar-refractivity contribution in [1.82, 2.24) is 35.2 Å². The van der Waals surface area contributed by atoms with Crippen LogP contribution in [0.1, 0.15) is 73.2 Å². The smallest absolute Gasteiger partial charge is 0.335 e. The predicted molar refractivity (Wildman–Crippen MR) is 279 cm³/mol. The van der Waals surface area contributed by atoms with Gasteiger partial charge in [-0.3, -0.25) is 24.7 Å². The molecule has 17 heteroatoms. The number of hydrogen-bond acceptors (Lipinski definition) is 13. The highest BCUT2D eigenvalue weighted by atomic mass is 35.5. The maximum atomic E-state index is 12.8. The molecule has 0 bridgehead atoms. The molecule has 15 nitrogen and oxygen atoms in total. The molecule has 8 aromatic rings. The Labute approximate surface area is 418 Å². The number of hydrogen-bond donors (Lipinski definition) is 5. The van der Waals surface area contributed by atoms with E-state index in [0.717, 1.165) is 79.3 Å². The van der Waals surface area contributed by atoms with Crippen LogP contribution in [0.25, 0.3) is 21.8 Å². The van der Waals surface area contributed by atoms with E-state index in [0.29, 0.717) is 67.0 Å². The normalized spacial score (nSPS) is 10.6. The number of nitrogens with zero attached hydrogens (tertiary/aromatic N) is 6. The highest BCUT2D eigenvalue weighted by molar-refractivity contribution is 6.31. The van der Waals surface area contributed by atoms with Crippen LogP contribution in [0.3, 0.4) is 0 Å². The molecule has 0 unspecified atom stereocenters. The summed E-state index contributed by atoms with van der Waals surface area (Å²) in [6, 6.07) is 30.1. The number of carbonyl (C=O) groups excluding carboxylic acids is 1. The van der Waals surface area contributed by atoms with Crippen LogP contribution >= 0.6 is 23.2 Å². The summed E-state index contributed by atoms with van der Waals surface area (Å²) in [5, 5.41) is 21.5. The molecule has 6 aromatic heterocycles. The predicted octanol–water partition coefficient (Wildman–Crippen LogP) is 9.68. The largest absolute Gasteiger partial charge is 0.478 e. The number of rotatable bonds is 17. The van der Waals surface area contributed by atoms with Crippen LogP contribution in [-0.4, -0.2) is 87.4 Å². The zero-order chi connectivity index (χ0) is 49.1. The van der Waals surface area contributed by atoms with Gasteiger partial charge in [-0.05, 0) is 109 Å². The van der Waals surface area contributed by atoms with E-state index in [1.165, 1.54) is 12.3 Å². The molecule has 0 aliphatic carbocycles. The van der Waals surface area contributed by atoms with Crippen molar-refractivity contribution in [3.05, 3.63) is 188 Å². The molecule has 2 aromatic carbocycles. The van der Waals surface area contributed by atoms with Crippen molar-refractivity contribution in [2.45, 2.75) is 47.2 Å². The second-order valence-corrected chi connectivity index (χ2v) is 16.6.